The Morgan fingerprint density at radius 2 is 1.93 bits per heavy atom. The van der Waals surface area contributed by atoms with E-state index in [4.69, 9.17) is 0 Å². The van der Waals surface area contributed by atoms with E-state index < -0.39 is 0 Å². The summed E-state index contributed by atoms with van der Waals surface area (Å²) in [6.07, 6.45) is 0. The summed E-state index contributed by atoms with van der Waals surface area (Å²) in [5.74, 6) is 0.476. The molecule has 0 saturated heterocycles. The van der Waals surface area contributed by atoms with E-state index in [1.165, 1.54) is 5.56 Å². The number of nitrogens with one attached hydrogen (secondary N) is 1. The number of hydrogen-bond donors (Lipinski definition) is 1. The molecule has 0 saturated carbocycles. The summed E-state index contributed by atoms with van der Waals surface area (Å²) in [6, 6.07) is 9.49. The Kier molecular flexibility index (Phi) is 2.12. The van der Waals surface area contributed by atoms with Crippen molar-refractivity contribution in [2.24, 2.45) is 0 Å². The van der Waals surface area contributed by atoms with Gasteiger partial charge in [0.15, 0.2) is 0 Å². The van der Waals surface area contributed by atoms with Crippen molar-refractivity contribution in [2.75, 3.05) is 0 Å². The lowest BCUT2D eigenvalue weighted by molar-refractivity contribution is 0.876. The number of pyridine rings is 1. The number of hydrogen-bond acceptors (Lipinski definition) is 1. The minimum absolute atomic E-state index is 0.0431. The van der Waals surface area contributed by atoms with Gasteiger partial charge in [0.25, 0.3) is 0 Å². The molecule has 0 fully saturated rings. The fourth-order valence-corrected chi connectivity index (χ4v) is 1.71. The smallest absolute Gasteiger partial charge is 0.248 e. The van der Waals surface area contributed by atoms with Crippen LogP contribution < -0.4 is 5.56 Å². The highest BCUT2D eigenvalue weighted by atomic mass is 16.1. The van der Waals surface area contributed by atoms with Crippen LogP contribution in [-0.4, -0.2) is 4.98 Å². The zero-order chi connectivity index (χ0) is 10.1. The van der Waals surface area contributed by atoms with Gasteiger partial charge in [-0.3, -0.25) is 4.79 Å². The van der Waals surface area contributed by atoms with Gasteiger partial charge in [-0.1, -0.05) is 26.0 Å². The summed E-state index contributed by atoms with van der Waals surface area (Å²) >= 11 is 0. The lowest BCUT2D eigenvalue weighted by Crippen LogP contribution is -2.03. The number of rotatable bonds is 1. The maximum Gasteiger partial charge on any atom is 0.248 e. The van der Waals surface area contributed by atoms with E-state index in [9.17, 15) is 4.79 Å². The first-order valence-corrected chi connectivity index (χ1v) is 4.80. The van der Waals surface area contributed by atoms with Gasteiger partial charge in [-0.25, -0.2) is 0 Å². The van der Waals surface area contributed by atoms with E-state index in [2.05, 4.69) is 24.9 Å². The summed E-state index contributed by atoms with van der Waals surface area (Å²) in [5.41, 5.74) is 2.15. The van der Waals surface area contributed by atoms with Gasteiger partial charge < -0.3 is 4.98 Å². The van der Waals surface area contributed by atoms with Crippen LogP contribution in [0.5, 0.6) is 0 Å². The van der Waals surface area contributed by atoms with Gasteiger partial charge in [0.2, 0.25) is 5.56 Å². The van der Waals surface area contributed by atoms with Crippen molar-refractivity contribution in [3.8, 4) is 0 Å². The molecule has 0 bridgehead atoms. The lowest BCUT2D eigenvalue weighted by Gasteiger charge is -2.08. The lowest BCUT2D eigenvalue weighted by atomic mass is 9.98. The predicted octanol–water partition coefficient (Wildman–Crippen LogP) is 2.65. The summed E-state index contributed by atoms with van der Waals surface area (Å²) < 4.78 is 0. The van der Waals surface area contributed by atoms with Crippen LogP contribution in [0.1, 0.15) is 25.3 Å². The van der Waals surface area contributed by atoms with Crippen molar-refractivity contribution in [3.05, 3.63) is 46.2 Å². The summed E-state index contributed by atoms with van der Waals surface area (Å²) in [4.78, 5) is 13.9. The second-order valence-corrected chi connectivity index (χ2v) is 3.79. The molecule has 0 radical (unpaired) electrons. The second-order valence-electron chi connectivity index (χ2n) is 3.79. The number of fused-ring (bicyclic) bond motifs is 1. The zero-order valence-electron chi connectivity index (χ0n) is 8.37. The van der Waals surface area contributed by atoms with E-state index in [0.717, 1.165) is 10.9 Å². The molecule has 2 nitrogen and oxygen atoms in total. The molecule has 0 aliphatic carbocycles. The molecule has 0 spiro atoms. The van der Waals surface area contributed by atoms with E-state index in [1.54, 1.807) is 6.07 Å². The molecular weight excluding hydrogens is 174 g/mol. The van der Waals surface area contributed by atoms with Crippen LogP contribution >= 0.6 is 0 Å². The van der Waals surface area contributed by atoms with Crippen molar-refractivity contribution >= 4 is 10.9 Å². The highest BCUT2D eigenvalue weighted by Crippen LogP contribution is 2.22. The molecule has 2 rings (SSSR count). The van der Waals surface area contributed by atoms with Crippen molar-refractivity contribution < 1.29 is 0 Å². The molecule has 0 aliphatic rings. The quantitative estimate of drug-likeness (QED) is 0.731. The molecule has 2 heteroatoms. The molecule has 0 unspecified atom stereocenters. The maximum atomic E-state index is 11.1. The average Bonchev–Trinajstić information content (AvgIpc) is 2.16. The molecule has 14 heavy (non-hydrogen) atoms. The normalized spacial score (nSPS) is 11.1. The van der Waals surface area contributed by atoms with Crippen LogP contribution in [0.2, 0.25) is 0 Å². The topological polar surface area (TPSA) is 32.9 Å². The van der Waals surface area contributed by atoms with Crippen molar-refractivity contribution in [1.29, 1.82) is 0 Å². The van der Waals surface area contributed by atoms with E-state index >= 15 is 0 Å². The Morgan fingerprint density at radius 1 is 1.14 bits per heavy atom. The Bertz CT molecular complexity index is 511. The van der Waals surface area contributed by atoms with Gasteiger partial charge in [0, 0.05) is 17.0 Å². The van der Waals surface area contributed by atoms with Gasteiger partial charge in [-0.15, -0.1) is 0 Å². The minimum Gasteiger partial charge on any atom is -0.322 e. The average molecular weight is 187 g/mol. The summed E-state index contributed by atoms with van der Waals surface area (Å²) in [7, 11) is 0. The minimum atomic E-state index is -0.0431. The van der Waals surface area contributed by atoms with Gasteiger partial charge >= 0.3 is 0 Å². The van der Waals surface area contributed by atoms with Gasteiger partial charge in [-0.2, -0.15) is 0 Å². The molecule has 0 amide bonds. The highest BCUT2D eigenvalue weighted by molar-refractivity contribution is 5.82. The van der Waals surface area contributed by atoms with Crippen molar-refractivity contribution in [1.82, 2.24) is 4.98 Å². The SMILES string of the molecule is CC(C)c1cccc2[nH]c(=O)ccc12. The number of benzene rings is 1. The van der Waals surface area contributed by atoms with Gasteiger partial charge in [-0.05, 0) is 23.6 Å². The van der Waals surface area contributed by atoms with Crippen LogP contribution in [0.15, 0.2) is 35.1 Å². The van der Waals surface area contributed by atoms with E-state index in [1.807, 2.05) is 18.2 Å². The van der Waals surface area contributed by atoms with Crippen LogP contribution in [0.3, 0.4) is 0 Å². The first-order valence-electron chi connectivity index (χ1n) is 4.80. The van der Waals surface area contributed by atoms with Crippen molar-refractivity contribution in [3.63, 3.8) is 0 Å². The first-order chi connectivity index (χ1) is 6.68. The van der Waals surface area contributed by atoms with Crippen LogP contribution in [0.25, 0.3) is 10.9 Å². The largest absolute Gasteiger partial charge is 0.322 e. The van der Waals surface area contributed by atoms with E-state index in [0.29, 0.717) is 5.92 Å². The standard InChI is InChI=1S/C12H13NO/c1-8(2)9-4-3-5-11-10(9)6-7-12(14)13-11/h3-8H,1-2H3,(H,13,14). The van der Waals surface area contributed by atoms with Crippen LogP contribution in [-0.2, 0) is 0 Å². The Balaban J connectivity index is 2.81. The molecule has 0 aliphatic heterocycles. The summed E-state index contributed by atoms with van der Waals surface area (Å²) in [6.45, 7) is 4.31. The first kappa shape index (κ1) is 9.00. The second kappa shape index (κ2) is 3.29. The fourth-order valence-electron chi connectivity index (χ4n) is 1.71. The molecule has 1 aromatic heterocycles. The molecular formula is C12H13NO. The molecule has 0 atom stereocenters. The molecule has 72 valence electrons. The third-order valence-corrected chi connectivity index (χ3v) is 2.42. The summed E-state index contributed by atoms with van der Waals surface area (Å²) in [5, 5.41) is 1.14. The fraction of sp³-hybridized carbons (Fsp3) is 0.250. The third kappa shape index (κ3) is 1.43. The Hall–Kier alpha value is -1.57. The maximum absolute atomic E-state index is 11.1. The zero-order valence-corrected chi connectivity index (χ0v) is 8.37. The molecule has 1 aromatic carbocycles. The third-order valence-electron chi connectivity index (χ3n) is 2.42. The molecule has 2 aromatic rings. The molecule has 1 N–H and O–H groups in total. The number of aromatic amines is 1. The van der Waals surface area contributed by atoms with Gasteiger partial charge in [0.1, 0.15) is 0 Å². The van der Waals surface area contributed by atoms with E-state index in [-0.39, 0.29) is 5.56 Å². The Morgan fingerprint density at radius 3 is 2.64 bits per heavy atom. The Labute approximate surface area is 82.6 Å². The van der Waals surface area contributed by atoms with Crippen molar-refractivity contribution in [2.45, 2.75) is 19.8 Å². The monoisotopic (exact) mass is 187 g/mol. The highest BCUT2D eigenvalue weighted by Gasteiger charge is 2.04. The van der Waals surface area contributed by atoms with Crippen LogP contribution in [0, 0.1) is 0 Å². The number of aromatic nitrogens is 1. The molecule has 1 heterocycles. The van der Waals surface area contributed by atoms with Gasteiger partial charge in [0.05, 0.1) is 0 Å². The number of H-pyrrole nitrogens is 1. The van der Waals surface area contributed by atoms with Crippen LogP contribution in [0.4, 0.5) is 0 Å². The predicted molar refractivity (Wildman–Crippen MR) is 58.7 cm³/mol.